The van der Waals surface area contributed by atoms with Gasteiger partial charge < -0.3 is 15.4 Å². The monoisotopic (exact) mass is 407 g/mol. The zero-order chi connectivity index (χ0) is 20.1. The Morgan fingerprint density at radius 1 is 1.39 bits per heavy atom. The fraction of sp³-hybridized carbons (Fsp3) is 0.750. The number of aryl methyl sites for hydroxylation is 1. The minimum absolute atomic E-state index is 0.0379. The molecule has 0 bridgehead atoms. The van der Waals surface area contributed by atoms with Crippen molar-refractivity contribution in [2.24, 2.45) is 10.9 Å². The zero-order valence-corrected chi connectivity index (χ0v) is 18.3. The lowest BCUT2D eigenvalue weighted by Crippen LogP contribution is -2.43. The molecule has 2 fully saturated rings. The van der Waals surface area contributed by atoms with Crippen molar-refractivity contribution in [3.8, 4) is 0 Å². The number of aliphatic imine (C=N–C) groups is 1. The van der Waals surface area contributed by atoms with Gasteiger partial charge in [-0.05, 0) is 52.4 Å². The van der Waals surface area contributed by atoms with E-state index in [1.807, 2.05) is 20.8 Å². The summed E-state index contributed by atoms with van der Waals surface area (Å²) in [7, 11) is 1.78. The van der Waals surface area contributed by atoms with E-state index < -0.39 is 0 Å². The van der Waals surface area contributed by atoms with Gasteiger partial charge in [0.1, 0.15) is 9.88 Å². The molecule has 3 rings (SSSR count). The third-order valence-electron chi connectivity index (χ3n) is 5.17. The zero-order valence-electron chi connectivity index (χ0n) is 17.5. The summed E-state index contributed by atoms with van der Waals surface area (Å²) in [4.78, 5) is 24.1. The van der Waals surface area contributed by atoms with Crippen molar-refractivity contribution in [3.05, 3.63) is 15.6 Å². The minimum Gasteiger partial charge on any atom is -0.462 e. The predicted octanol–water partition coefficient (Wildman–Crippen LogP) is 2.73. The first-order valence-corrected chi connectivity index (χ1v) is 11.2. The van der Waals surface area contributed by atoms with Crippen LogP contribution in [-0.4, -0.2) is 61.1 Å². The molecular weight excluding hydrogens is 374 g/mol. The summed E-state index contributed by atoms with van der Waals surface area (Å²) in [5, 5.41) is 7.66. The SMILES string of the molecule is CCOC(=O)c1sc(C(C)NC(=NC)NCCN(CC2CC2)C2CC2)nc1C. The summed E-state index contributed by atoms with van der Waals surface area (Å²) in [6.45, 7) is 9.24. The van der Waals surface area contributed by atoms with Crippen LogP contribution in [0.4, 0.5) is 0 Å². The van der Waals surface area contributed by atoms with Gasteiger partial charge in [-0.3, -0.25) is 9.89 Å². The Hall–Kier alpha value is -1.67. The number of thiazole rings is 1. The molecule has 2 aliphatic carbocycles. The van der Waals surface area contributed by atoms with Gasteiger partial charge in [0, 0.05) is 32.7 Å². The second-order valence-electron chi connectivity index (χ2n) is 7.72. The number of guanidine groups is 1. The molecule has 28 heavy (non-hydrogen) atoms. The second-order valence-corrected chi connectivity index (χ2v) is 8.75. The van der Waals surface area contributed by atoms with E-state index in [1.54, 1.807) is 7.05 Å². The lowest BCUT2D eigenvalue weighted by molar-refractivity contribution is 0.0531. The van der Waals surface area contributed by atoms with Crippen molar-refractivity contribution in [1.82, 2.24) is 20.5 Å². The summed E-state index contributed by atoms with van der Waals surface area (Å²) in [5.41, 5.74) is 0.718. The molecule has 0 saturated heterocycles. The van der Waals surface area contributed by atoms with Gasteiger partial charge >= 0.3 is 5.97 Å². The number of nitrogens with one attached hydrogen (secondary N) is 2. The molecule has 0 spiro atoms. The molecule has 8 heteroatoms. The van der Waals surface area contributed by atoms with Crippen LogP contribution in [0.2, 0.25) is 0 Å². The molecule has 7 nitrogen and oxygen atoms in total. The molecule has 2 saturated carbocycles. The molecule has 1 aromatic heterocycles. The molecule has 1 atom stereocenters. The highest BCUT2D eigenvalue weighted by atomic mass is 32.1. The van der Waals surface area contributed by atoms with Gasteiger partial charge in [-0.25, -0.2) is 9.78 Å². The number of carbonyl (C=O) groups is 1. The average molecular weight is 408 g/mol. The third-order valence-corrected chi connectivity index (χ3v) is 6.49. The van der Waals surface area contributed by atoms with Crippen LogP contribution < -0.4 is 10.6 Å². The van der Waals surface area contributed by atoms with Crippen LogP contribution >= 0.6 is 11.3 Å². The highest BCUT2D eigenvalue weighted by Crippen LogP contribution is 2.34. The maximum atomic E-state index is 12.0. The Bertz CT molecular complexity index is 697. The maximum Gasteiger partial charge on any atom is 0.350 e. The summed E-state index contributed by atoms with van der Waals surface area (Å²) >= 11 is 1.38. The Balaban J connectivity index is 1.48. The third kappa shape index (κ3) is 5.91. The van der Waals surface area contributed by atoms with E-state index in [1.165, 1.54) is 43.6 Å². The van der Waals surface area contributed by atoms with Crippen LogP contribution in [0.5, 0.6) is 0 Å². The first-order chi connectivity index (χ1) is 13.5. The first kappa shape index (κ1) is 21.0. The van der Waals surface area contributed by atoms with E-state index in [0.29, 0.717) is 11.5 Å². The van der Waals surface area contributed by atoms with Crippen LogP contribution in [0.3, 0.4) is 0 Å². The van der Waals surface area contributed by atoms with Gasteiger partial charge in [-0.15, -0.1) is 11.3 Å². The summed E-state index contributed by atoms with van der Waals surface area (Å²) in [5.74, 6) is 1.40. The minimum atomic E-state index is -0.297. The number of nitrogens with zero attached hydrogens (tertiary/aromatic N) is 3. The molecule has 2 N–H and O–H groups in total. The Morgan fingerprint density at radius 2 is 2.14 bits per heavy atom. The number of aromatic nitrogens is 1. The number of ether oxygens (including phenoxy) is 1. The molecule has 2 aliphatic rings. The number of hydrogen-bond donors (Lipinski definition) is 2. The molecule has 0 amide bonds. The lowest BCUT2D eigenvalue weighted by atomic mass is 10.3. The van der Waals surface area contributed by atoms with Crippen molar-refractivity contribution < 1.29 is 9.53 Å². The number of esters is 1. The Kier molecular flexibility index (Phi) is 7.29. The summed E-state index contributed by atoms with van der Waals surface area (Å²) in [6.07, 6.45) is 5.50. The highest BCUT2D eigenvalue weighted by Gasteiger charge is 2.33. The fourth-order valence-corrected chi connectivity index (χ4v) is 4.23. The van der Waals surface area contributed by atoms with Crippen LogP contribution in [0, 0.1) is 12.8 Å². The van der Waals surface area contributed by atoms with E-state index in [0.717, 1.165) is 41.7 Å². The molecule has 0 aromatic carbocycles. The normalized spacial score (nSPS) is 18.2. The van der Waals surface area contributed by atoms with E-state index in [2.05, 4.69) is 25.5 Å². The van der Waals surface area contributed by atoms with Crippen LogP contribution in [-0.2, 0) is 4.74 Å². The van der Waals surface area contributed by atoms with E-state index in [4.69, 9.17) is 4.74 Å². The van der Waals surface area contributed by atoms with Gasteiger partial charge in [-0.1, -0.05) is 0 Å². The van der Waals surface area contributed by atoms with Crippen LogP contribution in [0.1, 0.15) is 65.9 Å². The maximum absolute atomic E-state index is 12.0. The smallest absolute Gasteiger partial charge is 0.350 e. The molecule has 156 valence electrons. The number of hydrogen-bond acceptors (Lipinski definition) is 6. The van der Waals surface area contributed by atoms with Gasteiger partial charge in [0.25, 0.3) is 0 Å². The molecular formula is C20H33N5O2S. The molecule has 1 aromatic rings. The topological polar surface area (TPSA) is 78.8 Å². The standard InChI is InChI=1S/C20H33N5O2S/c1-5-27-19(26)17-13(2)23-18(28-17)14(3)24-20(21-4)22-10-11-25(16-8-9-16)12-15-6-7-15/h14-16H,5-12H2,1-4H3,(H2,21,22,24). The van der Waals surface area contributed by atoms with Crippen molar-refractivity contribution in [2.45, 2.75) is 58.5 Å². The van der Waals surface area contributed by atoms with Crippen molar-refractivity contribution in [1.29, 1.82) is 0 Å². The van der Waals surface area contributed by atoms with Gasteiger partial charge in [0.15, 0.2) is 5.96 Å². The van der Waals surface area contributed by atoms with E-state index >= 15 is 0 Å². The van der Waals surface area contributed by atoms with Crippen molar-refractivity contribution in [2.75, 3.05) is 33.3 Å². The highest BCUT2D eigenvalue weighted by molar-refractivity contribution is 7.13. The van der Waals surface area contributed by atoms with Gasteiger partial charge in [0.05, 0.1) is 18.3 Å². The van der Waals surface area contributed by atoms with E-state index in [9.17, 15) is 4.79 Å². The molecule has 1 heterocycles. The average Bonchev–Trinajstić information content (AvgIpc) is 3.58. The summed E-state index contributed by atoms with van der Waals surface area (Å²) in [6, 6.07) is 0.764. The summed E-state index contributed by atoms with van der Waals surface area (Å²) < 4.78 is 5.11. The first-order valence-electron chi connectivity index (χ1n) is 10.4. The van der Waals surface area contributed by atoms with Gasteiger partial charge in [0.2, 0.25) is 0 Å². The lowest BCUT2D eigenvalue weighted by Gasteiger charge is -2.23. The quantitative estimate of drug-likeness (QED) is 0.353. The Labute approximate surface area is 172 Å². The van der Waals surface area contributed by atoms with Crippen molar-refractivity contribution >= 4 is 23.3 Å². The molecule has 0 radical (unpaired) electrons. The van der Waals surface area contributed by atoms with Crippen molar-refractivity contribution in [3.63, 3.8) is 0 Å². The Morgan fingerprint density at radius 3 is 2.75 bits per heavy atom. The number of rotatable bonds is 10. The van der Waals surface area contributed by atoms with Gasteiger partial charge in [-0.2, -0.15) is 0 Å². The van der Waals surface area contributed by atoms with Crippen LogP contribution in [0.15, 0.2) is 4.99 Å². The van der Waals surface area contributed by atoms with E-state index in [-0.39, 0.29) is 12.0 Å². The fourth-order valence-electron chi connectivity index (χ4n) is 3.26. The van der Waals surface area contributed by atoms with Crippen LogP contribution in [0.25, 0.3) is 0 Å². The molecule has 1 unspecified atom stereocenters. The predicted molar refractivity (Wildman–Crippen MR) is 113 cm³/mol. The number of carbonyl (C=O) groups excluding carboxylic acids is 1. The second kappa shape index (κ2) is 9.69. The molecule has 0 aliphatic heterocycles. The largest absolute Gasteiger partial charge is 0.462 e.